The van der Waals surface area contributed by atoms with Crippen LogP contribution in [-0.2, 0) is 4.79 Å². The lowest BCUT2D eigenvalue weighted by atomic mass is 9.98. The summed E-state index contributed by atoms with van der Waals surface area (Å²) in [7, 11) is 0. The van der Waals surface area contributed by atoms with Gasteiger partial charge in [-0.25, -0.2) is 0 Å². The van der Waals surface area contributed by atoms with E-state index in [1.54, 1.807) is 0 Å². The molecule has 9 heavy (non-hydrogen) atoms. The van der Waals surface area contributed by atoms with Gasteiger partial charge in [-0.2, -0.15) is 0 Å². The molecule has 0 spiro atoms. The fraction of sp³-hybridized carbons (Fsp3) is 0.571. The first kappa shape index (κ1) is 6.33. The molecule has 0 aromatic heterocycles. The Balaban J connectivity index is 2.77. The van der Waals surface area contributed by atoms with Crippen molar-refractivity contribution in [1.82, 2.24) is 5.32 Å². The van der Waals surface area contributed by atoms with Crippen LogP contribution in [0.3, 0.4) is 0 Å². The molecule has 1 rings (SSSR count). The molecule has 2 atom stereocenters. The second-order valence-electron chi connectivity index (χ2n) is 2.59. The van der Waals surface area contributed by atoms with Crippen molar-refractivity contribution < 1.29 is 4.79 Å². The quantitative estimate of drug-likeness (QED) is 0.512. The maximum atomic E-state index is 10.8. The zero-order chi connectivity index (χ0) is 7.02. The minimum atomic E-state index is 0.104. The first-order valence-electron chi connectivity index (χ1n) is 3.12. The lowest BCUT2D eigenvalue weighted by Crippen LogP contribution is -2.16. The van der Waals surface area contributed by atoms with E-state index in [0.717, 1.165) is 5.70 Å². The van der Waals surface area contributed by atoms with Crippen LogP contribution < -0.4 is 5.32 Å². The van der Waals surface area contributed by atoms with Crippen LogP contribution in [0.2, 0.25) is 0 Å². The van der Waals surface area contributed by atoms with Crippen molar-refractivity contribution in [3.63, 3.8) is 0 Å². The van der Waals surface area contributed by atoms with Crippen molar-refractivity contribution in [2.75, 3.05) is 0 Å². The molecule has 1 N–H and O–H groups in total. The Hall–Kier alpha value is -0.790. The molecule has 1 aliphatic rings. The Morgan fingerprint density at radius 1 is 1.44 bits per heavy atom. The van der Waals surface area contributed by atoms with Crippen LogP contribution in [0.25, 0.3) is 0 Å². The lowest BCUT2D eigenvalue weighted by Gasteiger charge is -2.02. The molecule has 1 aliphatic heterocycles. The largest absolute Gasteiger partial charge is 0.330 e. The maximum Gasteiger partial charge on any atom is 0.227 e. The Morgan fingerprint density at radius 3 is 2.11 bits per heavy atom. The third kappa shape index (κ3) is 0.846. The summed E-state index contributed by atoms with van der Waals surface area (Å²) < 4.78 is 0. The Labute approximate surface area is 54.9 Å². The van der Waals surface area contributed by atoms with Crippen LogP contribution in [0.15, 0.2) is 12.3 Å². The molecule has 2 nitrogen and oxygen atoms in total. The number of rotatable bonds is 0. The second-order valence-corrected chi connectivity index (χ2v) is 2.59. The number of nitrogens with one attached hydrogen (secondary N) is 1. The van der Waals surface area contributed by atoms with Crippen molar-refractivity contribution in [3.8, 4) is 0 Å². The van der Waals surface area contributed by atoms with E-state index in [1.807, 2.05) is 13.8 Å². The summed E-state index contributed by atoms with van der Waals surface area (Å²) in [5.74, 6) is 0.516. The summed E-state index contributed by atoms with van der Waals surface area (Å²) in [6, 6.07) is 0. The van der Waals surface area contributed by atoms with Gasteiger partial charge in [-0.05, 0) is 0 Å². The van der Waals surface area contributed by atoms with E-state index >= 15 is 0 Å². The average Bonchev–Trinajstić information content (AvgIpc) is 1.98. The number of amides is 1. The van der Waals surface area contributed by atoms with Crippen LogP contribution in [-0.4, -0.2) is 5.91 Å². The van der Waals surface area contributed by atoms with Gasteiger partial charge in [0.1, 0.15) is 0 Å². The monoisotopic (exact) mass is 125 g/mol. The number of carbonyl (C=O) groups excluding carboxylic acids is 1. The molecule has 1 saturated heterocycles. The second kappa shape index (κ2) is 1.87. The highest BCUT2D eigenvalue weighted by Gasteiger charge is 2.29. The third-order valence-corrected chi connectivity index (χ3v) is 2.00. The molecule has 2 heteroatoms. The van der Waals surface area contributed by atoms with Crippen LogP contribution in [0, 0.1) is 11.8 Å². The van der Waals surface area contributed by atoms with E-state index < -0.39 is 0 Å². The molecular weight excluding hydrogens is 114 g/mol. The maximum absolute atomic E-state index is 10.8. The van der Waals surface area contributed by atoms with Gasteiger partial charge in [-0.3, -0.25) is 4.79 Å². The first-order chi connectivity index (χ1) is 4.13. The van der Waals surface area contributed by atoms with Crippen LogP contribution in [0.5, 0.6) is 0 Å². The van der Waals surface area contributed by atoms with Crippen LogP contribution >= 0.6 is 0 Å². The van der Waals surface area contributed by atoms with E-state index in [4.69, 9.17) is 0 Å². The van der Waals surface area contributed by atoms with Gasteiger partial charge in [0, 0.05) is 17.5 Å². The van der Waals surface area contributed by atoms with Crippen LogP contribution in [0.4, 0.5) is 0 Å². The van der Waals surface area contributed by atoms with E-state index in [1.165, 1.54) is 0 Å². The molecule has 50 valence electrons. The molecule has 0 unspecified atom stereocenters. The van der Waals surface area contributed by atoms with Crippen molar-refractivity contribution in [2.45, 2.75) is 13.8 Å². The number of hydrogen-bond donors (Lipinski definition) is 1. The first-order valence-corrected chi connectivity index (χ1v) is 3.12. The fourth-order valence-electron chi connectivity index (χ4n) is 0.915. The predicted octanol–water partition coefficient (Wildman–Crippen LogP) is 0.902. The smallest absolute Gasteiger partial charge is 0.227 e. The van der Waals surface area contributed by atoms with Gasteiger partial charge in [0.15, 0.2) is 0 Å². The van der Waals surface area contributed by atoms with Gasteiger partial charge in [0.2, 0.25) is 5.91 Å². The molecule has 0 radical (unpaired) electrons. The molecule has 1 fully saturated rings. The minimum Gasteiger partial charge on any atom is -0.330 e. The van der Waals surface area contributed by atoms with Crippen LogP contribution in [0.1, 0.15) is 13.8 Å². The normalized spacial score (nSPS) is 34.9. The molecule has 0 aromatic rings. The molecule has 0 saturated carbocycles. The van der Waals surface area contributed by atoms with E-state index in [-0.39, 0.29) is 11.8 Å². The summed E-state index contributed by atoms with van der Waals surface area (Å²) in [6.07, 6.45) is 0. The van der Waals surface area contributed by atoms with E-state index in [9.17, 15) is 4.79 Å². The Kier molecular flexibility index (Phi) is 1.31. The zero-order valence-corrected chi connectivity index (χ0v) is 5.77. The lowest BCUT2D eigenvalue weighted by molar-refractivity contribution is -0.122. The topological polar surface area (TPSA) is 29.1 Å². The van der Waals surface area contributed by atoms with Gasteiger partial charge < -0.3 is 5.32 Å². The van der Waals surface area contributed by atoms with Crippen molar-refractivity contribution in [1.29, 1.82) is 0 Å². The molecule has 0 aliphatic carbocycles. The minimum absolute atomic E-state index is 0.104. The van der Waals surface area contributed by atoms with Crippen molar-refractivity contribution in [2.24, 2.45) is 11.8 Å². The number of hydrogen-bond acceptors (Lipinski definition) is 1. The SMILES string of the molecule is C=C1NC(=O)[C@@H](C)[C@@H]1C. The summed E-state index contributed by atoms with van der Waals surface area (Å²) >= 11 is 0. The summed E-state index contributed by atoms with van der Waals surface area (Å²) in [6.45, 7) is 7.62. The summed E-state index contributed by atoms with van der Waals surface area (Å²) in [4.78, 5) is 10.8. The predicted molar refractivity (Wildman–Crippen MR) is 35.6 cm³/mol. The molecule has 0 aromatic carbocycles. The molecule has 1 amide bonds. The van der Waals surface area contributed by atoms with Crippen molar-refractivity contribution >= 4 is 5.91 Å². The highest BCUT2D eigenvalue weighted by Crippen LogP contribution is 2.23. The molecule has 0 bridgehead atoms. The van der Waals surface area contributed by atoms with Crippen molar-refractivity contribution in [3.05, 3.63) is 12.3 Å². The average molecular weight is 125 g/mol. The molecular formula is C7H11NO. The fourth-order valence-corrected chi connectivity index (χ4v) is 0.915. The highest BCUT2D eigenvalue weighted by molar-refractivity contribution is 5.83. The zero-order valence-electron chi connectivity index (χ0n) is 5.77. The van der Waals surface area contributed by atoms with E-state index in [2.05, 4.69) is 11.9 Å². The van der Waals surface area contributed by atoms with Gasteiger partial charge in [-0.15, -0.1) is 0 Å². The van der Waals surface area contributed by atoms with Gasteiger partial charge in [0.25, 0.3) is 0 Å². The van der Waals surface area contributed by atoms with Gasteiger partial charge in [-0.1, -0.05) is 20.4 Å². The van der Waals surface area contributed by atoms with Gasteiger partial charge in [0.05, 0.1) is 0 Å². The van der Waals surface area contributed by atoms with Gasteiger partial charge >= 0.3 is 0 Å². The Bertz CT molecular complexity index is 144. The summed E-state index contributed by atoms with van der Waals surface area (Å²) in [5, 5.41) is 2.68. The molecule has 1 heterocycles. The standard InChI is InChI=1S/C7H11NO/c1-4-5(2)7(9)8-6(4)3/h4-5H,3H2,1-2H3,(H,8,9)/t4-,5-/m0/s1. The number of allylic oxidation sites excluding steroid dienone is 1. The Morgan fingerprint density at radius 2 is 2.00 bits per heavy atom. The van der Waals surface area contributed by atoms with E-state index in [0.29, 0.717) is 5.92 Å². The number of carbonyl (C=O) groups is 1. The summed E-state index contributed by atoms with van der Waals surface area (Å²) in [5.41, 5.74) is 0.854. The third-order valence-electron chi connectivity index (χ3n) is 2.00. The highest BCUT2D eigenvalue weighted by atomic mass is 16.2.